The van der Waals surface area contributed by atoms with Crippen LogP contribution in [-0.4, -0.2) is 11.1 Å². The second-order valence-corrected chi connectivity index (χ2v) is 2.00. The normalized spacial score (nSPS) is 8.38. The summed E-state index contributed by atoms with van der Waals surface area (Å²) in [6, 6.07) is 0. The third kappa shape index (κ3) is 1.98. The lowest BCUT2D eigenvalue weighted by atomic mass is 10.3. The van der Waals surface area contributed by atoms with E-state index in [2.05, 4.69) is 0 Å². The van der Waals surface area contributed by atoms with E-state index in [9.17, 15) is 4.79 Å². The minimum Gasteiger partial charge on any atom is -0.477 e. The van der Waals surface area contributed by atoms with Crippen molar-refractivity contribution in [1.29, 1.82) is 0 Å². The Morgan fingerprint density at radius 3 is 1.88 bits per heavy atom. The van der Waals surface area contributed by atoms with E-state index in [-0.39, 0.29) is 5.03 Å². The Balaban J connectivity index is 4.23. The van der Waals surface area contributed by atoms with E-state index in [0.717, 1.165) is 0 Å². The van der Waals surface area contributed by atoms with Gasteiger partial charge in [-0.25, -0.2) is 4.79 Å². The lowest BCUT2D eigenvalue weighted by Gasteiger charge is -1.89. The SMILES string of the molecule is CC(C)=C(Cl)C(=O)O. The van der Waals surface area contributed by atoms with Crippen molar-refractivity contribution < 1.29 is 9.90 Å². The molecule has 3 heteroatoms. The zero-order valence-electron chi connectivity index (χ0n) is 4.73. The van der Waals surface area contributed by atoms with Crippen molar-refractivity contribution in [3.05, 3.63) is 10.6 Å². The van der Waals surface area contributed by atoms with Crippen LogP contribution in [0.15, 0.2) is 10.6 Å². The van der Waals surface area contributed by atoms with Gasteiger partial charge in [0.05, 0.1) is 0 Å². The zero-order chi connectivity index (χ0) is 6.73. The van der Waals surface area contributed by atoms with Crippen LogP contribution in [-0.2, 0) is 4.79 Å². The molecule has 0 aromatic heterocycles. The van der Waals surface area contributed by atoms with E-state index >= 15 is 0 Å². The third-order valence-electron chi connectivity index (χ3n) is 0.627. The molecule has 0 radical (unpaired) electrons. The van der Waals surface area contributed by atoms with Gasteiger partial charge in [0.25, 0.3) is 0 Å². The molecular weight excluding hydrogens is 128 g/mol. The summed E-state index contributed by atoms with van der Waals surface area (Å²) >= 11 is 5.23. The summed E-state index contributed by atoms with van der Waals surface area (Å²) in [7, 11) is 0. The van der Waals surface area contributed by atoms with Gasteiger partial charge < -0.3 is 5.11 Å². The number of hydrogen-bond donors (Lipinski definition) is 1. The number of carboxylic acid groups (broad SMARTS) is 1. The summed E-state index contributed by atoms with van der Waals surface area (Å²) in [5, 5.41) is 8.07. The van der Waals surface area contributed by atoms with E-state index in [1.807, 2.05) is 0 Å². The molecule has 1 N–H and O–H groups in total. The molecule has 0 heterocycles. The summed E-state index contributed by atoms with van der Waals surface area (Å²) in [5.41, 5.74) is 0.624. The molecule has 46 valence electrons. The van der Waals surface area contributed by atoms with Crippen molar-refractivity contribution in [3.8, 4) is 0 Å². The number of halogens is 1. The maximum Gasteiger partial charge on any atom is 0.347 e. The van der Waals surface area contributed by atoms with Crippen LogP contribution in [0, 0.1) is 0 Å². The highest BCUT2D eigenvalue weighted by molar-refractivity contribution is 6.41. The van der Waals surface area contributed by atoms with Crippen LogP contribution in [0.5, 0.6) is 0 Å². The summed E-state index contributed by atoms with van der Waals surface area (Å²) in [6.07, 6.45) is 0. The molecule has 0 saturated heterocycles. The van der Waals surface area contributed by atoms with Gasteiger partial charge in [-0.2, -0.15) is 0 Å². The summed E-state index contributed by atoms with van der Waals surface area (Å²) in [5.74, 6) is -1.06. The molecule has 0 aliphatic heterocycles. The lowest BCUT2D eigenvalue weighted by Crippen LogP contribution is -1.94. The molecule has 2 nitrogen and oxygen atoms in total. The smallest absolute Gasteiger partial charge is 0.347 e. The predicted octanol–water partition coefficient (Wildman–Crippen LogP) is 1.60. The lowest BCUT2D eigenvalue weighted by molar-refractivity contribution is -0.131. The van der Waals surface area contributed by atoms with Crippen molar-refractivity contribution in [2.24, 2.45) is 0 Å². The molecule has 0 saturated carbocycles. The highest BCUT2D eigenvalue weighted by Gasteiger charge is 2.02. The minimum atomic E-state index is -1.06. The van der Waals surface area contributed by atoms with E-state index in [4.69, 9.17) is 16.7 Å². The quantitative estimate of drug-likeness (QED) is 0.553. The third-order valence-corrected chi connectivity index (χ3v) is 1.17. The molecule has 0 fully saturated rings. The van der Waals surface area contributed by atoms with Crippen molar-refractivity contribution in [2.45, 2.75) is 13.8 Å². The first kappa shape index (κ1) is 7.50. The van der Waals surface area contributed by atoms with Crippen LogP contribution in [0.3, 0.4) is 0 Å². The molecule has 0 aliphatic rings. The Morgan fingerprint density at radius 2 is 1.88 bits per heavy atom. The number of aliphatic carboxylic acids is 1. The summed E-state index contributed by atoms with van der Waals surface area (Å²) < 4.78 is 0. The predicted molar refractivity (Wildman–Crippen MR) is 31.9 cm³/mol. The van der Waals surface area contributed by atoms with Gasteiger partial charge in [0.15, 0.2) is 0 Å². The second kappa shape index (κ2) is 2.72. The number of rotatable bonds is 1. The standard InChI is InChI=1S/C5H7ClO2/c1-3(2)4(6)5(7)8/h1-2H3,(H,7,8). The topological polar surface area (TPSA) is 37.3 Å². The fourth-order valence-electron chi connectivity index (χ4n) is 0.214. The number of allylic oxidation sites excluding steroid dienone is 1. The van der Waals surface area contributed by atoms with Crippen LogP contribution in [0.25, 0.3) is 0 Å². The van der Waals surface area contributed by atoms with E-state index in [1.165, 1.54) is 0 Å². The monoisotopic (exact) mass is 134 g/mol. The first-order chi connectivity index (χ1) is 3.55. The van der Waals surface area contributed by atoms with Gasteiger partial charge in [-0.15, -0.1) is 0 Å². The van der Waals surface area contributed by atoms with Crippen LogP contribution in [0.2, 0.25) is 0 Å². The van der Waals surface area contributed by atoms with Gasteiger partial charge in [-0.1, -0.05) is 17.2 Å². The minimum absolute atomic E-state index is 0.0926. The summed E-state index contributed by atoms with van der Waals surface area (Å²) in [4.78, 5) is 9.95. The number of hydrogen-bond acceptors (Lipinski definition) is 1. The molecule has 0 atom stereocenters. The van der Waals surface area contributed by atoms with Crippen molar-refractivity contribution in [2.75, 3.05) is 0 Å². The van der Waals surface area contributed by atoms with Crippen LogP contribution < -0.4 is 0 Å². The Kier molecular flexibility index (Phi) is 2.55. The van der Waals surface area contributed by atoms with E-state index < -0.39 is 5.97 Å². The Labute approximate surface area is 52.8 Å². The fraction of sp³-hybridized carbons (Fsp3) is 0.400. The molecule has 8 heavy (non-hydrogen) atoms. The molecule has 0 aromatic rings. The highest BCUT2D eigenvalue weighted by atomic mass is 35.5. The molecule has 0 spiro atoms. The van der Waals surface area contributed by atoms with E-state index in [1.54, 1.807) is 13.8 Å². The van der Waals surface area contributed by atoms with Gasteiger partial charge >= 0.3 is 5.97 Å². The van der Waals surface area contributed by atoms with Crippen molar-refractivity contribution in [1.82, 2.24) is 0 Å². The average Bonchev–Trinajstić information content (AvgIpc) is 1.64. The van der Waals surface area contributed by atoms with E-state index in [0.29, 0.717) is 5.57 Å². The Hall–Kier alpha value is -0.500. The molecule has 0 bridgehead atoms. The van der Waals surface area contributed by atoms with Crippen molar-refractivity contribution >= 4 is 17.6 Å². The number of carbonyl (C=O) groups is 1. The van der Waals surface area contributed by atoms with Gasteiger partial charge in [-0.3, -0.25) is 0 Å². The molecule has 0 amide bonds. The molecule has 0 rings (SSSR count). The second-order valence-electron chi connectivity index (χ2n) is 1.62. The fourth-order valence-corrected chi connectivity index (χ4v) is 0.214. The van der Waals surface area contributed by atoms with Crippen LogP contribution in [0.4, 0.5) is 0 Å². The number of carboxylic acids is 1. The largest absolute Gasteiger partial charge is 0.477 e. The molecular formula is C5H7ClO2. The summed E-state index contributed by atoms with van der Waals surface area (Å²) in [6.45, 7) is 3.30. The maximum absolute atomic E-state index is 9.95. The Morgan fingerprint density at radius 1 is 1.50 bits per heavy atom. The van der Waals surface area contributed by atoms with Crippen molar-refractivity contribution in [3.63, 3.8) is 0 Å². The average molecular weight is 135 g/mol. The molecule has 0 aliphatic carbocycles. The van der Waals surface area contributed by atoms with Gasteiger partial charge in [-0.05, 0) is 13.8 Å². The van der Waals surface area contributed by atoms with Gasteiger partial charge in [0.1, 0.15) is 5.03 Å². The maximum atomic E-state index is 9.95. The molecule has 0 aromatic carbocycles. The Bertz CT molecular complexity index is 133. The van der Waals surface area contributed by atoms with Gasteiger partial charge in [0.2, 0.25) is 0 Å². The van der Waals surface area contributed by atoms with Crippen LogP contribution >= 0.6 is 11.6 Å². The highest BCUT2D eigenvalue weighted by Crippen LogP contribution is 2.06. The molecule has 0 unspecified atom stereocenters. The first-order valence-electron chi connectivity index (χ1n) is 2.12. The van der Waals surface area contributed by atoms with Gasteiger partial charge in [0, 0.05) is 0 Å². The van der Waals surface area contributed by atoms with Crippen LogP contribution in [0.1, 0.15) is 13.8 Å². The first-order valence-corrected chi connectivity index (χ1v) is 2.49. The zero-order valence-corrected chi connectivity index (χ0v) is 5.49.